The van der Waals surface area contributed by atoms with Crippen LogP contribution in [0.2, 0.25) is 5.02 Å². The number of nitrogens with zero attached hydrogens (tertiary/aromatic N) is 5. The van der Waals surface area contributed by atoms with E-state index in [4.69, 9.17) is 27.2 Å². The van der Waals surface area contributed by atoms with Gasteiger partial charge >= 0.3 is 0 Å². The zero-order valence-corrected chi connectivity index (χ0v) is 19.6. The summed E-state index contributed by atoms with van der Waals surface area (Å²) in [6.45, 7) is 7.58. The monoisotopic (exact) mass is 464 g/mol. The SMILES string of the molecule is C/C=N/N(c1ncnc(N)c1CC)C(C)c1cc(Cl)c(F)c(C2CN(CCO)C2)c1OC. The summed E-state index contributed by atoms with van der Waals surface area (Å²) in [4.78, 5) is 10.6. The zero-order valence-electron chi connectivity index (χ0n) is 18.8. The van der Waals surface area contributed by atoms with Crippen molar-refractivity contribution in [2.75, 3.05) is 44.1 Å². The number of aliphatic hydroxyl groups excluding tert-OH is 1. The molecule has 0 amide bonds. The van der Waals surface area contributed by atoms with Crippen LogP contribution in [0.25, 0.3) is 0 Å². The fourth-order valence-corrected chi connectivity index (χ4v) is 4.39. The van der Waals surface area contributed by atoms with Gasteiger partial charge in [0.05, 0.1) is 24.8 Å². The van der Waals surface area contributed by atoms with Gasteiger partial charge in [-0.15, -0.1) is 0 Å². The van der Waals surface area contributed by atoms with E-state index in [1.165, 1.54) is 13.4 Å². The fourth-order valence-electron chi connectivity index (χ4n) is 4.18. The second kappa shape index (κ2) is 10.4. The molecule has 1 fully saturated rings. The molecule has 1 aliphatic heterocycles. The molecule has 8 nitrogen and oxygen atoms in total. The number of aliphatic hydroxyl groups is 1. The number of β-amino-alcohol motifs (C(OH)–C–C–N with tert-alkyl or cyclic N) is 1. The van der Waals surface area contributed by atoms with Crippen LogP contribution >= 0.6 is 11.6 Å². The molecule has 1 aliphatic rings. The molecule has 0 radical (unpaired) electrons. The van der Waals surface area contributed by atoms with E-state index in [0.717, 1.165) is 5.56 Å². The van der Waals surface area contributed by atoms with Gasteiger partial charge in [0.1, 0.15) is 23.7 Å². The zero-order chi connectivity index (χ0) is 23.4. The third-order valence-corrected chi connectivity index (χ3v) is 6.08. The molecule has 174 valence electrons. The molecule has 0 aliphatic carbocycles. The Hall–Kier alpha value is -2.49. The lowest BCUT2D eigenvalue weighted by molar-refractivity contribution is 0.112. The first-order valence-electron chi connectivity index (χ1n) is 10.6. The smallest absolute Gasteiger partial charge is 0.158 e. The van der Waals surface area contributed by atoms with Crippen LogP contribution in [0.3, 0.4) is 0 Å². The summed E-state index contributed by atoms with van der Waals surface area (Å²) in [6, 6.07) is 1.20. The number of nitrogens with two attached hydrogens (primary N) is 1. The number of anilines is 2. The molecule has 32 heavy (non-hydrogen) atoms. The van der Waals surface area contributed by atoms with Gasteiger partial charge in [-0.05, 0) is 26.3 Å². The van der Waals surface area contributed by atoms with Crippen LogP contribution in [0.15, 0.2) is 17.5 Å². The first kappa shape index (κ1) is 24.2. The van der Waals surface area contributed by atoms with E-state index in [9.17, 15) is 0 Å². The van der Waals surface area contributed by atoms with E-state index >= 15 is 4.39 Å². The van der Waals surface area contributed by atoms with Gasteiger partial charge in [0, 0.05) is 48.5 Å². The third kappa shape index (κ3) is 4.51. The highest BCUT2D eigenvalue weighted by Crippen LogP contribution is 2.44. The number of rotatable bonds is 9. The van der Waals surface area contributed by atoms with Crippen molar-refractivity contribution in [3.63, 3.8) is 0 Å². The second-order valence-corrected chi connectivity index (χ2v) is 8.10. The minimum atomic E-state index is -0.473. The first-order chi connectivity index (χ1) is 15.4. The summed E-state index contributed by atoms with van der Waals surface area (Å²) in [5, 5.41) is 15.4. The van der Waals surface area contributed by atoms with Gasteiger partial charge in [0.2, 0.25) is 0 Å². The third-order valence-electron chi connectivity index (χ3n) is 5.80. The van der Waals surface area contributed by atoms with Crippen LogP contribution in [0.5, 0.6) is 5.75 Å². The average molecular weight is 465 g/mol. The summed E-state index contributed by atoms with van der Waals surface area (Å²) in [5.74, 6) is 0.866. The molecule has 3 N–H and O–H groups in total. The van der Waals surface area contributed by atoms with Crippen LogP contribution < -0.4 is 15.5 Å². The van der Waals surface area contributed by atoms with Crippen molar-refractivity contribution in [1.29, 1.82) is 0 Å². The van der Waals surface area contributed by atoms with Crippen molar-refractivity contribution in [2.24, 2.45) is 5.10 Å². The lowest BCUT2D eigenvalue weighted by atomic mass is 9.87. The standard InChI is InChI=1S/C22H30ClFN6O2/c1-5-15-21(25)26-12-27-22(15)30(28-6-2)13(3)16-9-17(23)19(24)18(20(16)32-4)14-10-29(11-14)7-8-31/h6,9,12-14,31H,5,7-8,10-11H2,1-4H3,(H2,25,26,27)/b28-6+. The summed E-state index contributed by atoms with van der Waals surface area (Å²) >= 11 is 6.34. The number of nitrogen functional groups attached to an aromatic ring is 1. The van der Waals surface area contributed by atoms with Crippen LogP contribution in [-0.4, -0.2) is 59.5 Å². The van der Waals surface area contributed by atoms with Crippen molar-refractivity contribution in [3.05, 3.63) is 39.9 Å². The Labute approximate surface area is 192 Å². The Morgan fingerprint density at radius 3 is 2.78 bits per heavy atom. The van der Waals surface area contributed by atoms with Crippen LogP contribution in [-0.2, 0) is 6.42 Å². The minimum Gasteiger partial charge on any atom is -0.496 e. The van der Waals surface area contributed by atoms with Crippen LogP contribution in [0, 0.1) is 5.82 Å². The highest BCUT2D eigenvalue weighted by molar-refractivity contribution is 6.31. The molecule has 10 heteroatoms. The molecule has 0 saturated carbocycles. The largest absolute Gasteiger partial charge is 0.496 e. The molecule has 1 saturated heterocycles. The number of hydrazone groups is 1. The van der Waals surface area contributed by atoms with E-state index in [0.29, 0.717) is 54.6 Å². The summed E-state index contributed by atoms with van der Waals surface area (Å²) in [5.41, 5.74) is 8.01. The van der Waals surface area contributed by atoms with Crippen molar-refractivity contribution in [2.45, 2.75) is 39.2 Å². The maximum Gasteiger partial charge on any atom is 0.158 e. The fraction of sp³-hybridized carbons (Fsp3) is 0.500. The summed E-state index contributed by atoms with van der Waals surface area (Å²) in [7, 11) is 1.53. The number of hydrogen-bond donors (Lipinski definition) is 2. The summed E-state index contributed by atoms with van der Waals surface area (Å²) < 4.78 is 20.9. The maximum absolute atomic E-state index is 15.2. The Morgan fingerprint density at radius 1 is 1.47 bits per heavy atom. The highest BCUT2D eigenvalue weighted by Gasteiger charge is 2.36. The Morgan fingerprint density at radius 2 is 2.19 bits per heavy atom. The van der Waals surface area contributed by atoms with Gasteiger partial charge in [-0.25, -0.2) is 19.4 Å². The molecule has 1 atom stereocenters. The Bertz CT molecular complexity index is 983. The number of ether oxygens (including phenoxy) is 1. The molecule has 1 unspecified atom stereocenters. The van der Waals surface area contributed by atoms with Crippen LogP contribution in [0.4, 0.5) is 16.0 Å². The second-order valence-electron chi connectivity index (χ2n) is 7.70. The molecule has 0 bridgehead atoms. The minimum absolute atomic E-state index is 0.0293. The number of benzene rings is 1. The molecule has 1 aromatic carbocycles. The van der Waals surface area contributed by atoms with Gasteiger partial charge in [-0.2, -0.15) is 5.10 Å². The molecule has 2 aromatic rings. The van der Waals surface area contributed by atoms with Gasteiger partial charge < -0.3 is 15.6 Å². The lowest BCUT2D eigenvalue weighted by Crippen LogP contribution is -2.46. The van der Waals surface area contributed by atoms with E-state index in [1.807, 2.05) is 13.8 Å². The number of aromatic nitrogens is 2. The Kier molecular flexibility index (Phi) is 7.86. The molecule has 2 heterocycles. The van der Waals surface area contributed by atoms with Gasteiger partial charge in [-0.3, -0.25) is 4.90 Å². The Balaban J connectivity index is 2.08. The predicted molar refractivity (Wildman–Crippen MR) is 125 cm³/mol. The molecule has 3 rings (SSSR count). The van der Waals surface area contributed by atoms with E-state index in [-0.39, 0.29) is 23.6 Å². The number of halogens is 2. The highest BCUT2D eigenvalue weighted by atomic mass is 35.5. The lowest BCUT2D eigenvalue weighted by Gasteiger charge is -2.40. The van der Waals surface area contributed by atoms with E-state index in [2.05, 4.69) is 20.0 Å². The van der Waals surface area contributed by atoms with Crippen LogP contribution in [0.1, 0.15) is 49.4 Å². The van der Waals surface area contributed by atoms with Gasteiger partial charge in [-0.1, -0.05) is 18.5 Å². The molecule has 1 aromatic heterocycles. The normalized spacial score (nSPS) is 15.7. The van der Waals surface area contributed by atoms with Gasteiger partial charge in [0.15, 0.2) is 5.82 Å². The topological polar surface area (TPSA) is 100 Å². The van der Waals surface area contributed by atoms with E-state index in [1.54, 1.807) is 24.2 Å². The maximum atomic E-state index is 15.2. The first-order valence-corrected chi connectivity index (χ1v) is 11.0. The van der Waals surface area contributed by atoms with Crippen molar-refractivity contribution in [1.82, 2.24) is 14.9 Å². The van der Waals surface area contributed by atoms with Crippen molar-refractivity contribution >= 4 is 29.5 Å². The molecular formula is C22H30ClFN6O2. The van der Waals surface area contributed by atoms with E-state index < -0.39 is 5.82 Å². The quantitative estimate of drug-likeness (QED) is 0.433. The predicted octanol–water partition coefficient (Wildman–Crippen LogP) is 3.39. The van der Waals surface area contributed by atoms with Crippen molar-refractivity contribution in [3.8, 4) is 5.75 Å². The number of hydrogen-bond acceptors (Lipinski definition) is 8. The summed E-state index contributed by atoms with van der Waals surface area (Å²) in [6.07, 6.45) is 3.68. The number of methoxy groups -OCH3 is 1. The molecule has 0 spiro atoms. The number of likely N-dealkylation sites (tertiary alicyclic amines) is 1. The van der Waals surface area contributed by atoms with Crippen molar-refractivity contribution < 1.29 is 14.2 Å². The van der Waals surface area contributed by atoms with Gasteiger partial charge in [0.25, 0.3) is 0 Å². The molecular weight excluding hydrogens is 435 g/mol. The average Bonchev–Trinajstić information content (AvgIpc) is 2.75.